The zero-order chi connectivity index (χ0) is 14.5. The van der Waals surface area contributed by atoms with Crippen LogP contribution in [-0.4, -0.2) is 22.2 Å². The second-order valence-electron chi connectivity index (χ2n) is 7.44. The first-order valence-corrected chi connectivity index (χ1v) is 7.48. The van der Waals surface area contributed by atoms with Crippen molar-refractivity contribution < 1.29 is 19.8 Å². The first kappa shape index (κ1) is 13.7. The van der Waals surface area contributed by atoms with E-state index in [1.807, 2.05) is 6.08 Å². The van der Waals surface area contributed by atoms with Crippen molar-refractivity contribution in [2.75, 3.05) is 0 Å². The molecule has 4 saturated carbocycles. The van der Waals surface area contributed by atoms with Gasteiger partial charge in [-0.2, -0.15) is 0 Å². The smallest absolute Gasteiger partial charge is 0.330 e. The Morgan fingerprint density at radius 1 is 1.15 bits per heavy atom. The third kappa shape index (κ3) is 2.05. The normalized spacial score (nSPS) is 42.8. The maximum absolute atomic E-state index is 11.7. The number of carboxylic acids is 2. The number of allylic oxidation sites excluding steroid dienone is 1. The fourth-order valence-electron chi connectivity index (χ4n) is 5.40. The van der Waals surface area contributed by atoms with Crippen LogP contribution in [0.3, 0.4) is 0 Å². The summed E-state index contributed by atoms with van der Waals surface area (Å²) in [6, 6.07) is 0. The Labute approximate surface area is 118 Å². The van der Waals surface area contributed by atoms with Crippen LogP contribution in [-0.2, 0) is 9.59 Å². The number of hydrogen-bond donors (Lipinski definition) is 2. The lowest BCUT2D eigenvalue weighted by molar-refractivity contribution is -0.174. The summed E-state index contributed by atoms with van der Waals surface area (Å²) in [7, 11) is 0. The molecule has 0 aromatic heterocycles. The van der Waals surface area contributed by atoms with Gasteiger partial charge in [-0.15, -0.1) is 0 Å². The molecule has 4 heteroatoms. The zero-order valence-corrected chi connectivity index (χ0v) is 11.9. The summed E-state index contributed by atoms with van der Waals surface area (Å²) in [6.07, 6.45) is 8.30. The largest absolute Gasteiger partial charge is 0.481 e. The molecule has 0 heterocycles. The Hall–Kier alpha value is -1.32. The van der Waals surface area contributed by atoms with Gasteiger partial charge in [-0.05, 0) is 69.1 Å². The topological polar surface area (TPSA) is 74.6 Å². The molecule has 4 aliphatic carbocycles. The van der Waals surface area contributed by atoms with Gasteiger partial charge in [0.2, 0.25) is 0 Å². The van der Waals surface area contributed by atoms with E-state index in [2.05, 4.69) is 0 Å². The molecule has 0 aromatic rings. The van der Waals surface area contributed by atoms with E-state index in [0.29, 0.717) is 17.4 Å². The summed E-state index contributed by atoms with van der Waals surface area (Å²) in [4.78, 5) is 22.7. The second kappa shape index (κ2) is 4.34. The highest BCUT2D eigenvalue weighted by Gasteiger charge is 2.60. The van der Waals surface area contributed by atoms with Crippen molar-refractivity contribution in [1.82, 2.24) is 0 Å². The van der Waals surface area contributed by atoms with Crippen LogP contribution in [0.5, 0.6) is 0 Å². The summed E-state index contributed by atoms with van der Waals surface area (Å²) in [5, 5.41) is 18.6. The molecule has 4 aliphatic rings. The zero-order valence-electron chi connectivity index (χ0n) is 11.9. The molecule has 0 saturated heterocycles. The molecule has 0 radical (unpaired) electrons. The van der Waals surface area contributed by atoms with E-state index in [4.69, 9.17) is 5.11 Å². The summed E-state index contributed by atoms with van der Waals surface area (Å²) < 4.78 is 0. The predicted molar refractivity (Wildman–Crippen MR) is 73.2 cm³/mol. The van der Waals surface area contributed by atoms with Crippen LogP contribution in [0.4, 0.5) is 0 Å². The Morgan fingerprint density at radius 2 is 1.75 bits per heavy atom. The van der Waals surface area contributed by atoms with Crippen molar-refractivity contribution >= 4 is 11.9 Å². The second-order valence-corrected chi connectivity index (χ2v) is 7.44. The van der Waals surface area contributed by atoms with Gasteiger partial charge < -0.3 is 10.2 Å². The lowest BCUT2D eigenvalue weighted by Gasteiger charge is -2.60. The Morgan fingerprint density at radius 3 is 2.25 bits per heavy atom. The molecule has 0 amide bonds. The van der Waals surface area contributed by atoms with E-state index in [9.17, 15) is 14.7 Å². The van der Waals surface area contributed by atoms with Crippen molar-refractivity contribution in [2.24, 2.45) is 22.7 Å². The minimum Gasteiger partial charge on any atom is -0.481 e. The molecule has 4 bridgehead atoms. The van der Waals surface area contributed by atoms with Gasteiger partial charge in [0.25, 0.3) is 0 Å². The van der Waals surface area contributed by atoms with E-state index in [1.165, 1.54) is 6.42 Å². The van der Waals surface area contributed by atoms with Crippen LogP contribution in [0.1, 0.15) is 51.9 Å². The fraction of sp³-hybridized carbons (Fsp3) is 0.750. The average molecular weight is 278 g/mol. The highest BCUT2D eigenvalue weighted by atomic mass is 16.4. The van der Waals surface area contributed by atoms with Gasteiger partial charge in [0.1, 0.15) is 0 Å². The minimum atomic E-state index is -0.873. The molecule has 4 fully saturated rings. The number of hydrogen-bond acceptors (Lipinski definition) is 2. The van der Waals surface area contributed by atoms with E-state index in [0.717, 1.165) is 38.5 Å². The Balaban J connectivity index is 1.85. The van der Waals surface area contributed by atoms with Crippen molar-refractivity contribution in [2.45, 2.75) is 51.9 Å². The van der Waals surface area contributed by atoms with E-state index in [-0.39, 0.29) is 5.41 Å². The van der Waals surface area contributed by atoms with Gasteiger partial charge in [0.15, 0.2) is 0 Å². The van der Waals surface area contributed by atoms with Gasteiger partial charge in [-0.25, -0.2) is 4.79 Å². The molecule has 0 spiro atoms. The van der Waals surface area contributed by atoms with Crippen molar-refractivity contribution in [3.63, 3.8) is 0 Å². The highest BCUT2D eigenvalue weighted by molar-refractivity contribution is 5.85. The number of rotatable bonds is 4. The predicted octanol–water partition coefficient (Wildman–Crippen LogP) is 3.08. The van der Waals surface area contributed by atoms with E-state index < -0.39 is 17.4 Å². The molecule has 2 unspecified atom stereocenters. The average Bonchev–Trinajstić information content (AvgIpc) is 2.34. The van der Waals surface area contributed by atoms with Crippen LogP contribution >= 0.6 is 0 Å². The molecular weight excluding hydrogens is 256 g/mol. The van der Waals surface area contributed by atoms with Gasteiger partial charge in [0.05, 0.1) is 5.41 Å². The summed E-state index contributed by atoms with van der Waals surface area (Å²) in [5.74, 6) is -0.436. The molecular formula is C16H22O4. The third-order valence-electron chi connectivity index (χ3n) is 5.81. The first-order valence-electron chi connectivity index (χ1n) is 7.48. The third-order valence-corrected chi connectivity index (χ3v) is 5.81. The molecule has 0 aromatic carbocycles. The van der Waals surface area contributed by atoms with Crippen molar-refractivity contribution in [3.8, 4) is 0 Å². The monoisotopic (exact) mass is 278 g/mol. The number of aliphatic carboxylic acids is 2. The van der Waals surface area contributed by atoms with Crippen molar-refractivity contribution in [3.05, 3.63) is 11.6 Å². The number of carboxylic acid groups (broad SMARTS) is 2. The molecule has 4 nitrogen and oxygen atoms in total. The lowest BCUT2D eigenvalue weighted by Crippen LogP contribution is -2.54. The maximum Gasteiger partial charge on any atom is 0.330 e. The van der Waals surface area contributed by atoms with Crippen molar-refractivity contribution in [1.29, 1.82) is 0 Å². The van der Waals surface area contributed by atoms with Crippen LogP contribution in [0, 0.1) is 22.7 Å². The lowest BCUT2D eigenvalue weighted by atomic mass is 9.43. The van der Waals surface area contributed by atoms with Crippen LogP contribution in [0.2, 0.25) is 0 Å². The van der Waals surface area contributed by atoms with Gasteiger partial charge in [-0.3, -0.25) is 4.79 Å². The Kier molecular flexibility index (Phi) is 2.96. The van der Waals surface area contributed by atoms with Gasteiger partial charge in [-0.1, -0.05) is 6.08 Å². The van der Waals surface area contributed by atoms with E-state index in [1.54, 1.807) is 6.92 Å². The highest BCUT2D eigenvalue weighted by Crippen LogP contribution is 2.66. The van der Waals surface area contributed by atoms with Crippen LogP contribution < -0.4 is 0 Å². The van der Waals surface area contributed by atoms with Crippen LogP contribution in [0.15, 0.2) is 11.6 Å². The number of carbonyl (C=O) groups is 2. The van der Waals surface area contributed by atoms with Crippen LogP contribution in [0.25, 0.3) is 0 Å². The molecule has 4 rings (SSSR count). The standard InChI is InChI=1S/C16H22O4/c1-10(13(17)18)2-3-15-5-11-4-12(6-15)8-16(7-11,9-15)14(19)20/h2,11-12H,3-9H2,1H3,(H,17,18)(H,19,20). The molecule has 20 heavy (non-hydrogen) atoms. The summed E-state index contributed by atoms with van der Waals surface area (Å²) >= 11 is 0. The molecule has 2 N–H and O–H groups in total. The SMILES string of the molecule is CC(=CCC12CC3CC(C1)CC(C(=O)O)(C3)C2)C(=O)O. The van der Waals surface area contributed by atoms with Gasteiger partial charge >= 0.3 is 11.9 Å². The maximum atomic E-state index is 11.7. The quantitative estimate of drug-likeness (QED) is 0.775. The molecule has 0 aliphatic heterocycles. The van der Waals surface area contributed by atoms with E-state index >= 15 is 0 Å². The minimum absolute atomic E-state index is 0.0409. The summed E-state index contributed by atoms with van der Waals surface area (Å²) in [5.41, 5.74) is -0.0982. The Bertz CT molecular complexity index is 477. The first-order chi connectivity index (χ1) is 9.34. The fourth-order valence-corrected chi connectivity index (χ4v) is 5.40. The molecule has 2 atom stereocenters. The summed E-state index contributed by atoms with van der Waals surface area (Å²) in [6.45, 7) is 1.62. The molecule has 110 valence electrons. The van der Waals surface area contributed by atoms with Gasteiger partial charge in [0, 0.05) is 5.57 Å².